The van der Waals surface area contributed by atoms with Gasteiger partial charge in [0, 0.05) is 5.39 Å². The summed E-state index contributed by atoms with van der Waals surface area (Å²) >= 11 is 0. The monoisotopic (exact) mass is 427 g/mol. The van der Waals surface area contributed by atoms with Crippen molar-refractivity contribution in [3.05, 3.63) is 95.4 Å². The van der Waals surface area contributed by atoms with Crippen LogP contribution >= 0.6 is 0 Å². The van der Waals surface area contributed by atoms with Crippen molar-refractivity contribution in [2.75, 3.05) is 0 Å². The molecule has 4 rings (SSSR count). The maximum Gasteiger partial charge on any atom is 0.416 e. The Morgan fingerprint density at radius 2 is 1.74 bits per heavy atom. The van der Waals surface area contributed by atoms with E-state index in [1.165, 1.54) is 30.5 Å². The van der Waals surface area contributed by atoms with Gasteiger partial charge in [0.05, 0.1) is 34.6 Å². The number of rotatable bonds is 4. The molecule has 0 spiro atoms. The molecule has 4 nitrogen and oxygen atoms in total. The highest BCUT2D eigenvalue weighted by Crippen LogP contribution is 2.31. The smallest absolute Gasteiger partial charge is 0.345 e. The molecule has 1 N–H and O–H groups in total. The van der Waals surface area contributed by atoms with Gasteiger partial charge in [-0.3, -0.25) is 4.79 Å². The molecule has 3 aromatic carbocycles. The molecule has 4 aromatic rings. The molecule has 1 aromatic heterocycles. The van der Waals surface area contributed by atoms with Gasteiger partial charge in [0.2, 0.25) is 0 Å². The third kappa shape index (κ3) is 4.14. The summed E-state index contributed by atoms with van der Waals surface area (Å²) in [4.78, 5) is 12.9. The summed E-state index contributed by atoms with van der Waals surface area (Å²) in [5, 5.41) is 7.62. The number of nitrogens with zero attached hydrogens (tertiary/aromatic N) is 2. The zero-order chi connectivity index (χ0) is 22.2. The van der Waals surface area contributed by atoms with Crippen LogP contribution < -0.4 is 5.32 Å². The van der Waals surface area contributed by atoms with Crippen LogP contribution in [0.2, 0.25) is 0 Å². The average Bonchev–Trinajstić information content (AvgIpc) is 3.18. The lowest BCUT2D eigenvalue weighted by Crippen LogP contribution is -2.27. The number of carbonyl (C=O) groups excluding carboxylic acids is 1. The van der Waals surface area contributed by atoms with Crippen molar-refractivity contribution in [3.8, 4) is 5.69 Å². The van der Waals surface area contributed by atoms with Gasteiger partial charge in [-0.1, -0.05) is 18.2 Å². The number of fused-ring (bicyclic) bond motifs is 1. The average molecular weight is 427 g/mol. The summed E-state index contributed by atoms with van der Waals surface area (Å²) in [7, 11) is 0. The fourth-order valence-electron chi connectivity index (χ4n) is 3.38. The predicted molar refractivity (Wildman–Crippen MR) is 108 cm³/mol. The second-order valence-electron chi connectivity index (χ2n) is 7.09. The first-order valence-corrected chi connectivity index (χ1v) is 9.45. The lowest BCUT2D eigenvalue weighted by molar-refractivity contribution is -0.137. The maximum atomic E-state index is 13.2. The van der Waals surface area contributed by atoms with Crippen molar-refractivity contribution in [1.29, 1.82) is 0 Å². The molecule has 0 bridgehead atoms. The Kier molecular flexibility index (Phi) is 5.22. The molecule has 0 aliphatic heterocycles. The third-order valence-corrected chi connectivity index (χ3v) is 4.99. The Hall–Kier alpha value is -3.68. The first-order valence-electron chi connectivity index (χ1n) is 9.45. The van der Waals surface area contributed by atoms with E-state index >= 15 is 0 Å². The van der Waals surface area contributed by atoms with Crippen molar-refractivity contribution >= 4 is 16.8 Å². The molecule has 1 amide bonds. The largest absolute Gasteiger partial charge is 0.416 e. The number of aromatic nitrogens is 2. The number of nitrogens with one attached hydrogen (secondary N) is 1. The van der Waals surface area contributed by atoms with E-state index in [0.29, 0.717) is 27.7 Å². The number of benzene rings is 3. The van der Waals surface area contributed by atoms with E-state index in [4.69, 9.17) is 0 Å². The van der Waals surface area contributed by atoms with Gasteiger partial charge >= 0.3 is 6.18 Å². The van der Waals surface area contributed by atoms with Gasteiger partial charge < -0.3 is 5.32 Å². The van der Waals surface area contributed by atoms with Crippen LogP contribution in [0, 0.1) is 5.82 Å². The Morgan fingerprint density at radius 1 is 1.03 bits per heavy atom. The molecule has 31 heavy (non-hydrogen) atoms. The van der Waals surface area contributed by atoms with Crippen LogP contribution in [0.5, 0.6) is 0 Å². The second kappa shape index (κ2) is 7.86. The Bertz CT molecular complexity index is 1250. The van der Waals surface area contributed by atoms with E-state index < -0.39 is 23.7 Å². The fraction of sp³-hybridized carbons (Fsp3) is 0.130. The van der Waals surface area contributed by atoms with Crippen LogP contribution in [0.4, 0.5) is 17.6 Å². The molecule has 0 saturated heterocycles. The summed E-state index contributed by atoms with van der Waals surface area (Å²) < 4.78 is 53.7. The van der Waals surface area contributed by atoms with Crippen molar-refractivity contribution < 1.29 is 22.4 Å². The lowest BCUT2D eigenvalue weighted by Gasteiger charge is -2.16. The highest BCUT2D eigenvalue weighted by atomic mass is 19.4. The van der Waals surface area contributed by atoms with Crippen molar-refractivity contribution in [1.82, 2.24) is 15.1 Å². The summed E-state index contributed by atoms with van der Waals surface area (Å²) in [6.45, 7) is 1.62. The zero-order valence-electron chi connectivity index (χ0n) is 16.3. The molecule has 8 heteroatoms. The summed E-state index contributed by atoms with van der Waals surface area (Å²) in [6.07, 6.45) is -2.93. The number of amides is 1. The second-order valence-corrected chi connectivity index (χ2v) is 7.09. The zero-order valence-corrected chi connectivity index (χ0v) is 16.3. The van der Waals surface area contributed by atoms with E-state index in [-0.39, 0.29) is 5.82 Å². The highest BCUT2D eigenvalue weighted by molar-refractivity contribution is 6.06. The Balaban J connectivity index is 1.62. The van der Waals surface area contributed by atoms with E-state index in [1.54, 1.807) is 41.9 Å². The molecule has 158 valence electrons. The van der Waals surface area contributed by atoms with Gasteiger partial charge in [0.1, 0.15) is 5.82 Å². The molecule has 1 heterocycles. The quantitative estimate of drug-likeness (QED) is 0.427. The minimum absolute atomic E-state index is 0.338. The predicted octanol–water partition coefficient (Wildman–Crippen LogP) is 5.67. The SMILES string of the molecule is CC(NC(=O)c1cccc2c1cnn2-c1ccc(F)cc1)c1cccc(C(F)(F)F)c1. The minimum atomic E-state index is -4.46. The summed E-state index contributed by atoms with van der Waals surface area (Å²) in [5.41, 5.74) is 1.19. The van der Waals surface area contributed by atoms with Gasteiger partial charge in [-0.05, 0) is 61.0 Å². The van der Waals surface area contributed by atoms with Crippen molar-refractivity contribution in [2.45, 2.75) is 19.1 Å². The van der Waals surface area contributed by atoms with Crippen LogP contribution in [0.25, 0.3) is 16.6 Å². The van der Waals surface area contributed by atoms with Crippen LogP contribution in [0.15, 0.2) is 72.9 Å². The Labute approximate surface area is 175 Å². The molecule has 0 saturated carbocycles. The molecule has 0 aliphatic rings. The number of alkyl halides is 3. The third-order valence-electron chi connectivity index (χ3n) is 4.99. The standard InChI is InChI=1S/C23H17F4N3O/c1-14(15-4-2-5-16(12-15)23(25,26)27)29-22(31)19-6-3-7-21-20(19)13-28-30(21)18-10-8-17(24)9-11-18/h2-14H,1H3,(H,29,31). The minimum Gasteiger partial charge on any atom is -0.345 e. The Morgan fingerprint density at radius 3 is 2.45 bits per heavy atom. The van der Waals surface area contributed by atoms with Gasteiger partial charge in [-0.25, -0.2) is 9.07 Å². The van der Waals surface area contributed by atoms with Crippen LogP contribution in [-0.2, 0) is 6.18 Å². The number of carbonyl (C=O) groups is 1. The van der Waals surface area contributed by atoms with Crippen LogP contribution in [-0.4, -0.2) is 15.7 Å². The summed E-state index contributed by atoms with van der Waals surface area (Å²) in [6, 6.07) is 15.1. The molecular weight excluding hydrogens is 410 g/mol. The first-order chi connectivity index (χ1) is 14.7. The van der Waals surface area contributed by atoms with Gasteiger partial charge in [-0.15, -0.1) is 0 Å². The number of hydrogen-bond acceptors (Lipinski definition) is 2. The van der Waals surface area contributed by atoms with Crippen molar-refractivity contribution in [3.63, 3.8) is 0 Å². The molecular formula is C23H17F4N3O. The van der Waals surface area contributed by atoms with E-state index in [9.17, 15) is 22.4 Å². The van der Waals surface area contributed by atoms with Gasteiger partial charge in [0.15, 0.2) is 0 Å². The molecule has 0 aliphatic carbocycles. The molecule has 0 radical (unpaired) electrons. The number of hydrogen-bond donors (Lipinski definition) is 1. The fourth-order valence-corrected chi connectivity index (χ4v) is 3.38. The topological polar surface area (TPSA) is 46.9 Å². The van der Waals surface area contributed by atoms with Crippen molar-refractivity contribution in [2.24, 2.45) is 0 Å². The molecule has 1 atom stereocenters. The maximum absolute atomic E-state index is 13.2. The van der Waals surface area contributed by atoms with Crippen LogP contribution in [0.3, 0.4) is 0 Å². The normalized spacial score (nSPS) is 12.7. The van der Waals surface area contributed by atoms with Crippen LogP contribution in [0.1, 0.15) is 34.5 Å². The van der Waals surface area contributed by atoms with E-state index in [0.717, 1.165) is 12.1 Å². The van der Waals surface area contributed by atoms with E-state index in [2.05, 4.69) is 10.4 Å². The van der Waals surface area contributed by atoms with Gasteiger partial charge in [-0.2, -0.15) is 18.3 Å². The van der Waals surface area contributed by atoms with E-state index in [1.807, 2.05) is 0 Å². The molecule has 0 fully saturated rings. The first kappa shape index (κ1) is 20.6. The number of halogens is 4. The highest BCUT2D eigenvalue weighted by Gasteiger charge is 2.30. The lowest BCUT2D eigenvalue weighted by atomic mass is 10.0. The summed E-state index contributed by atoms with van der Waals surface area (Å²) in [5.74, 6) is -0.807. The molecule has 1 unspecified atom stereocenters. The van der Waals surface area contributed by atoms with Gasteiger partial charge in [0.25, 0.3) is 5.91 Å².